The van der Waals surface area contributed by atoms with Gasteiger partial charge in [0.05, 0.1) is 50.3 Å². The van der Waals surface area contributed by atoms with Crippen molar-refractivity contribution in [3.8, 4) is 63.2 Å². The zero-order valence-electron chi connectivity index (χ0n) is 74.7. The van der Waals surface area contributed by atoms with Gasteiger partial charge in [-0.1, -0.05) is 115 Å². The normalized spacial score (nSPS) is 15.3. The molecule has 8 N–H and O–H groups in total. The third kappa shape index (κ3) is 38.1. The number of aryl methyl sites for hydroxylation is 4. The first-order chi connectivity index (χ1) is 59.7. The van der Waals surface area contributed by atoms with Crippen molar-refractivity contribution >= 4 is 247 Å². The molecule has 0 bridgehead atoms. The number of ketones is 4. The number of aliphatic hydroxyl groups excluding tert-OH is 1. The summed E-state index contributed by atoms with van der Waals surface area (Å²) in [5, 5.41) is 78.2. The Morgan fingerprint density at radius 1 is 0.508 bits per heavy atom. The van der Waals surface area contributed by atoms with E-state index in [0.717, 1.165) is 114 Å². The number of rotatable bonds is 15. The van der Waals surface area contributed by atoms with Crippen molar-refractivity contribution in [1.82, 2.24) is 0 Å². The molecule has 721 valence electrons. The van der Waals surface area contributed by atoms with Crippen LogP contribution in [-0.4, -0.2) is 93.7 Å². The fourth-order valence-corrected chi connectivity index (χ4v) is 13.1. The van der Waals surface area contributed by atoms with Crippen molar-refractivity contribution in [3.63, 3.8) is 0 Å². The predicted octanol–water partition coefficient (Wildman–Crippen LogP) is 23.6. The van der Waals surface area contributed by atoms with Crippen LogP contribution >= 0.6 is 161 Å². The Morgan fingerprint density at radius 3 is 1.27 bits per heavy atom. The van der Waals surface area contributed by atoms with Gasteiger partial charge in [-0.25, -0.2) is 19.2 Å². The van der Waals surface area contributed by atoms with Gasteiger partial charge in [0, 0.05) is 92.3 Å². The van der Waals surface area contributed by atoms with Gasteiger partial charge in [-0.3, -0.25) is 19.2 Å². The molecule has 4 aliphatic heterocycles. The first kappa shape index (κ1) is 126. The molecule has 0 saturated heterocycles. The van der Waals surface area contributed by atoms with Crippen LogP contribution in [0.5, 0.6) is 63.2 Å². The Hall–Kier alpha value is -3.99. The monoisotopic (exact) mass is 2890 g/mol. The van der Waals surface area contributed by atoms with E-state index in [2.05, 4.69) is 144 Å². The minimum absolute atomic E-state index is 0. The fourth-order valence-electron chi connectivity index (χ4n) is 13.1. The van der Waals surface area contributed by atoms with E-state index < -0.39 is 39.8 Å². The van der Waals surface area contributed by atoms with Crippen LogP contribution in [0.3, 0.4) is 0 Å². The van der Waals surface area contributed by atoms with Crippen LogP contribution in [0.4, 0.5) is 0 Å². The summed E-state index contributed by atoms with van der Waals surface area (Å²) < 4.78 is 46.1. The van der Waals surface area contributed by atoms with E-state index in [4.69, 9.17) is 51.9 Å². The van der Waals surface area contributed by atoms with E-state index in [0.29, 0.717) is 122 Å². The van der Waals surface area contributed by atoms with E-state index in [1.54, 1.807) is 13.8 Å². The number of aliphatic hydroxyl groups is 1. The number of hydrogen-bond acceptors (Lipinski definition) is 25. The predicted molar refractivity (Wildman–Crippen MR) is 578 cm³/mol. The van der Waals surface area contributed by atoms with Crippen LogP contribution in [0.2, 0.25) is 0 Å². The number of carbonyl (C=O) groups excluding carboxylic acids is 5. The number of phenols is 7. The average molecular weight is 2900 g/mol. The van der Waals surface area contributed by atoms with Crippen molar-refractivity contribution in [2.24, 2.45) is 11.8 Å². The Balaban J connectivity index is 0.00000151. The second-order valence-electron chi connectivity index (χ2n) is 30.6. The van der Waals surface area contributed by atoms with Crippen molar-refractivity contribution in [1.29, 1.82) is 0 Å². The summed E-state index contributed by atoms with van der Waals surface area (Å²) in [6.07, 6.45) is 18.3. The standard InChI is InChI=1S/C22H26O5.C22H24O5.C15H16O5.C12H12O4.C6H6O3.C6H12O.C5H8O.C4H8O.2CH4.I3.6HI.2V/c2*1-6-7-13-10-15(23)26-21-16(13)20-14(8-9-22(4,5)27-20)19-17(21)18(24)11(2)12(3)25-19;1-3-5-8-6-12(19)20-15-13(8)10(17)7-11(18)14(15)9(16)4-2;1-2-3-7-4-11(15)16-10-6-8(13)5-9(14)12(7)10;7-4-1-5(8)3-6(9)2-4;1-3-5-6(7)4-2;1-5(2)3-4-6;1-3-4(2)5;;;1-3-2;;;;;;;;/h8-12,18,24H,6-7H2,1-5H3;8-12H,6-7H2,1-5H3;6-7,17-18H,3-5H2,1-2H3;4-6,13-14H,2-3H2,1H3;1-3,7-9H;3-5H2,1-2H3;3-4H,1-2H3;3H2,1-2H3;2*1H4;;6*1H;;/q;;;;;;;;;;-1;;;;;;;+2;+3/p-5/t11-,12-,18+;11-,12-;;;;;;;;;;;;;;;;;/m11................./s1. The summed E-state index contributed by atoms with van der Waals surface area (Å²) in [7, 11) is 0.628. The number of phenolic OH excluding ortho intramolecular Hbond substituents is 7. The van der Waals surface area contributed by atoms with Gasteiger partial charge in [0.25, 0.3) is 0 Å². The number of fused-ring (bicyclic) bond motifs is 14. The summed E-state index contributed by atoms with van der Waals surface area (Å²) in [5.41, 5.74) is 4.45. The Kier molecular flexibility index (Phi) is 60.1. The molecule has 13 rings (SSSR count). The Morgan fingerprint density at radius 2 is 0.885 bits per heavy atom. The topological polar surface area (TPSA) is 405 Å². The molecule has 8 heterocycles. The molecule has 4 aliphatic rings. The third-order valence-electron chi connectivity index (χ3n) is 19.3. The van der Waals surface area contributed by atoms with Crippen molar-refractivity contribution in [2.45, 2.75) is 259 Å². The Labute approximate surface area is 874 Å². The average Bonchev–Trinajstić information content (AvgIpc) is 0.720. The number of ether oxygens (including phenoxy) is 4. The molecule has 0 saturated carbocycles. The molecule has 36 heteroatoms. The summed E-state index contributed by atoms with van der Waals surface area (Å²) in [5.74, 6) is 0.884. The first-order valence-electron chi connectivity index (χ1n) is 40.7. The number of allylic oxidation sites excluding steroid dienone is 2. The van der Waals surface area contributed by atoms with Gasteiger partial charge in [-0.15, -0.1) is 24.0 Å². The zero-order valence-corrected chi connectivity index (χ0v) is 97.0. The Bertz CT molecular complexity index is 5560. The number of hydrogen-bond donors (Lipinski definition) is 8. The van der Waals surface area contributed by atoms with Crippen LogP contribution in [0.1, 0.15) is 270 Å². The van der Waals surface area contributed by atoms with E-state index >= 15 is 0 Å². The number of halogens is 9. The maximum absolute atomic E-state index is 13.1. The molecule has 0 fully saturated rings. The second kappa shape index (κ2) is 62.1. The van der Waals surface area contributed by atoms with E-state index in [-0.39, 0.29) is 154 Å². The van der Waals surface area contributed by atoms with E-state index in [9.17, 15) is 68.7 Å². The summed E-state index contributed by atoms with van der Waals surface area (Å²) in [4.78, 5) is 102. The van der Waals surface area contributed by atoms with Gasteiger partial charge >= 0.3 is 187 Å². The second-order valence-corrected chi connectivity index (χ2v) is 94.0. The quantitative estimate of drug-likeness (QED) is 0.0155. The SMILES string of the molecule is C.C.CC(C)=CC=O.CCC(C)=O.CCCC(=O)CC.CCCc1cc(=O)oc2c(C(=O)CC)c(O)cc(O)c12.CCCc1cc(=O)oc2c3c(c4c(c12)OC(C)(C)C=C4)O[C@H](C)[C@@H](C)C3=O.CCCc1cc(=O)oc2c3c(c4c(c12)OC(C)(C)C=C4)O[C@H](C)[C@@H](C)[C@@H]3O.CCCc1cc(=O)oc2cc(O)cc(O)c12.I.I[I-]I.Oc1cc(O)cc(O)c1.[I][V]([I])[I].[I][V][I]. The van der Waals surface area contributed by atoms with Gasteiger partial charge < -0.3 is 82.3 Å². The first-order valence-corrected chi connectivity index (χ1v) is 75.8. The molecule has 130 heavy (non-hydrogen) atoms. The summed E-state index contributed by atoms with van der Waals surface area (Å²) in [6.45, 7) is 36.3. The molecule has 0 aliphatic carbocycles. The van der Waals surface area contributed by atoms with Gasteiger partial charge in [0.2, 0.25) is 0 Å². The van der Waals surface area contributed by atoms with Gasteiger partial charge in [-0.2, -0.15) is 0 Å². The van der Waals surface area contributed by atoms with Crippen molar-refractivity contribution < 1.29 is 129 Å². The third-order valence-corrected chi connectivity index (χ3v) is 19.3. The van der Waals surface area contributed by atoms with Crippen molar-refractivity contribution in [2.75, 3.05) is 0 Å². The summed E-state index contributed by atoms with van der Waals surface area (Å²) >= 11 is 17.4. The van der Waals surface area contributed by atoms with Gasteiger partial charge in [0.15, 0.2) is 28.3 Å². The fraction of sp³-hybridized carbons (Fsp3) is 0.436. The van der Waals surface area contributed by atoms with Crippen LogP contribution in [-0.2, 0) is 54.5 Å². The van der Waals surface area contributed by atoms with Gasteiger partial charge in [-0.05, 0) is 147 Å². The molecule has 0 unspecified atom stereocenters. The van der Waals surface area contributed by atoms with Crippen LogP contribution in [0.25, 0.3) is 56.0 Å². The number of benzene rings is 5. The van der Waals surface area contributed by atoms with Crippen LogP contribution < -0.4 is 54.7 Å². The minimum atomic E-state index is -0.778. The number of Topliss-reactive ketones (excluding diaryl/α,β-unsaturated/α-hetero) is 4. The van der Waals surface area contributed by atoms with Crippen molar-refractivity contribution in [3.05, 3.63) is 176 Å². The van der Waals surface area contributed by atoms with Crippen LogP contribution in [0, 0.1) is 11.8 Å². The molecule has 5 atom stereocenters. The van der Waals surface area contributed by atoms with Crippen LogP contribution in [0.15, 0.2) is 121 Å². The maximum atomic E-state index is 13.1. The molecule has 25 nitrogen and oxygen atoms in total. The molecular weight excluding hydrogens is 2770 g/mol. The molecule has 0 radical (unpaired) electrons. The number of aldehydes is 1. The molecule has 9 aromatic rings. The molecule has 4 aromatic heterocycles. The van der Waals surface area contributed by atoms with E-state index in [1.165, 1.54) is 42.5 Å². The molecule has 0 spiro atoms. The van der Waals surface area contributed by atoms with E-state index in [1.807, 2.05) is 135 Å². The molecular formula is C94H121I9O25V2-. The number of aromatic hydroxyl groups is 7. The van der Waals surface area contributed by atoms with Gasteiger partial charge in [0.1, 0.15) is 121 Å². The molecule has 0 amide bonds. The number of carbonyl (C=O) groups is 5. The zero-order chi connectivity index (χ0) is 96.4. The molecule has 5 aromatic carbocycles. The summed E-state index contributed by atoms with van der Waals surface area (Å²) in [6, 6.07) is 12.8.